The minimum atomic E-state index is 0.759. The number of hydrogen-bond donors (Lipinski definition) is 1. The fourth-order valence-corrected chi connectivity index (χ4v) is 2.09. The number of aromatic nitrogens is 2. The Hall–Kier alpha value is -0.830. The van der Waals surface area contributed by atoms with E-state index >= 15 is 0 Å². The van der Waals surface area contributed by atoms with Gasteiger partial charge in [0, 0.05) is 19.6 Å². The van der Waals surface area contributed by atoms with Gasteiger partial charge in [0.15, 0.2) is 0 Å². The molecule has 0 amide bonds. The fraction of sp³-hybridized carbons (Fsp3) is 0.750. The van der Waals surface area contributed by atoms with Gasteiger partial charge in [0.2, 0.25) is 0 Å². The molecule has 3 nitrogen and oxygen atoms in total. The number of aryl methyl sites for hydroxylation is 2. The Labute approximate surface area is 91.9 Å². The summed E-state index contributed by atoms with van der Waals surface area (Å²) in [6.07, 6.45) is 3.69. The predicted octanol–water partition coefficient (Wildman–Crippen LogP) is 1.87. The predicted molar refractivity (Wildman–Crippen MR) is 61.6 cm³/mol. The molecular formula is C12H21N3. The highest BCUT2D eigenvalue weighted by Crippen LogP contribution is 2.33. The molecule has 0 aromatic carbocycles. The molecule has 1 saturated carbocycles. The van der Waals surface area contributed by atoms with Crippen LogP contribution in [-0.4, -0.2) is 15.8 Å². The van der Waals surface area contributed by atoms with E-state index in [1.165, 1.54) is 24.2 Å². The first-order valence-electron chi connectivity index (χ1n) is 5.99. The smallest absolute Gasteiger partial charge is 0.0625 e. The molecule has 2 rings (SSSR count). The van der Waals surface area contributed by atoms with Gasteiger partial charge in [-0.25, -0.2) is 0 Å². The lowest BCUT2D eigenvalue weighted by Gasteiger charge is -2.03. The summed E-state index contributed by atoms with van der Waals surface area (Å²) in [5.41, 5.74) is 2.49. The average molecular weight is 207 g/mol. The minimum Gasteiger partial charge on any atom is -0.308 e. The second-order valence-electron chi connectivity index (χ2n) is 4.50. The zero-order valence-electron chi connectivity index (χ0n) is 9.95. The van der Waals surface area contributed by atoms with Crippen molar-refractivity contribution in [3.63, 3.8) is 0 Å². The maximum Gasteiger partial charge on any atom is 0.0625 e. The van der Waals surface area contributed by atoms with Gasteiger partial charge in [0.05, 0.1) is 11.4 Å². The summed E-state index contributed by atoms with van der Waals surface area (Å²) >= 11 is 0. The maximum atomic E-state index is 4.44. The van der Waals surface area contributed by atoms with Gasteiger partial charge >= 0.3 is 0 Å². The quantitative estimate of drug-likeness (QED) is 0.799. The first kappa shape index (κ1) is 10.7. The molecule has 1 aromatic rings. The normalized spacial score (nSPS) is 24.5. The van der Waals surface area contributed by atoms with Gasteiger partial charge in [-0.2, -0.15) is 5.10 Å². The molecule has 2 atom stereocenters. The Balaban J connectivity index is 1.85. The molecule has 0 saturated heterocycles. The molecule has 84 valence electrons. The van der Waals surface area contributed by atoms with Gasteiger partial charge in [-0.15, -0.1) is 0 Å². The second-order valence-corrected chi connectivity index (χ2v) is 4.50. The first-order chi connectivity index (χ1) is 7.24. The molecule has 0 bridgehead atoms. The Bertz CT molecular complexity index is 330. The summed E-state index contributed by atoms with van der Waals surface area (Å²) in [6, 6.07) is 2.96. The topological polar surface area (TPSA) is 29.9 Å². The second kappa shape index (κ2) is 4.35. The number of nitrogens with zero attached hydrogens (tertiary/aromatic N) is 2. The van der Waals surface area contributed by atoms with Crippen LogP contribution in [-0.2, 0) is 20.0 Å². The van der Waals surface area contributed by atoms with E-state index in [1.807, 2.05) is 11.7 Å². The molecule has 3 heteroatoms. The number of rotatable bonds is 5. The third-order valence-electron chi connectivity index (χ3n) is 3.38. The fourth-order valence-electron chi connectivity index (χ4n) is 2.09. The van der Waals surface area contributed by atoms with Gasteiger partial charge in [-0.1, -0.05) is 20.3 Å². The van der Waals surface area contributed by atoms with Gasteiger partial charge in [-0.3, -0.25) is 4.68 Å². The van der Waals surface area contributed by atoms with Gasteiger partial charge in [0.25, 0.3) is 0 Å². The summed E-state index contributed by atoms with van der Waals surface area (Å²) in [5.74, 6) is 0.920. The van der Waals surface area contributed by atoms with Crippen LogP contribution < -0.4 is 5.32 Å². The van der Waals surface area contributed by atoms with E-state index in [-0.39, 0.29) is 0 Å². The molecule has 1 N–H and O–H groups in total. The lowest BCUT2D eigenvalue weighted by Crippen LogP contribution is -2.19. The molecule has 2 unspecified atom stereocenters. The SMILES string of the molecule is CCc1cc(CNC2CC2CC)n(C)n1. The van der Waals surface area contributed by atoms with Crippen LogP contribution in [0.2, 0.25) is 0 Å². The Morgan fingerprint density at radius 2 is 2.33 bits per heavy atom. The van der Waals surface area contributed by atoms with Crippen LogP contribution in [0.25, 0.3) is 0 Å². The van der Waals surface area contributed by atoms with E-state index in [2.05, 4.69) is 30.3 Å². The molecule has 1 heterocycles. The zero-order valence-corrected chi connectivity index (χ0v) is 9.95. The third-order valence-corrected chi connectivity index (χ3v) is 3.38. The highest BCUT2D eigenvalue weighted by molar-refractivity contribution is 5.10. The molecular weight excluding hydrogens is 186 g/mol. The summed E-state index contributed by atoms with van der Waals surface area (Å²) in [7, 11) is 2.03. The van der Waals surface area contributed by atoms with Crippen molar-refractivity contribution in [2.24, 2.45) is 13.0 Å². The van der Waals surface area contributed by atoms with Crippen molar-refractivity contribution >= 4 is 0 Å². The molecule has 1 fully saturated rings. The van der Waals surface area contributed by atoms with Gasteiger partial charge < -0.3 is 5.32 Å². The van der Waals surface area contributed by atoms with Crippen molar-refractivity contribution < 1.29 is 0 Å². The van der Waals surface area contributed by atoms with E-state index in [0.29, 0.717) is 0 Å². The summed E-state index contributed by atoms with van der Waals surface area (Å²) < 4.78 is 2.00. The highest BCUT2D eigenvalue weighted by Gasteiger charge is 2.34. The molecule has 0 radical (unpaired) electrons. The van der Waals surface area contributed by atoms with E-state index in [1.54, 1.807) is 0 Å². The maximum absolute atomic E-state index is 4.44. The monoisotopic (exact) mass is 207 g/mol. The first-order valence-corrected chi connectivity index (χ1v) is 5.99. The van der Waals surface area contributed by atoms with Gasteiger partial charge in [-0.05, 0) is 24.8 Å². The lowest BCUT2D eigenvalue weighted by molar-refractivity contribution is 0.588. The molecule has 0 aliphatic heterocycles. The Morgan fingerprint density at radius 1 is 1.53 bits per heavy atom. The molecule has 0 spiro atoms. The van der Waals surface area contributed by atoms with Crippen molar-refractivity contribution in [2.75, 3.05) is 0 Å². The van der Waals surface area contributed by atoms with E-state index in [0.717, 1.165) is 24.9 Å². The summed E-state index contributed by atoms with van der Waals surface area (Å²) in [5, 5.41) is 8.03. The number of hydrogen-bond acceptors (Lipinski definition) is 2. The molecule has 15 heavy (non-hydrogen) atoms. The van der Waals surface area contributed by atoms with Crippen molar-refractivity contribution in [1.29, 1.82) is 0 Å². The van der Waals surface area contributed by atoms with Crippen molar-refractivity contribution in [1.82, 2.24) is 15.1 Å². The Kier molecular flexibility index (Phi) is 3.10. The van der Waals surface area contributed by atoms with Crippen LogP contribution >= 0.6 is 0 Å². The standard InChI is InChI=1S/C12H21N3/c1-4-9-6-12(9)13-8-11-7-10(5-2)14-15(11)3/h7,9,12-13H,4-6,8H2,1-3H3. The van der Waals surface area contributed by atoms with E-state index in [9.17, 15) is 0 Å². The van der Waals surface area contributed by atoms with Gasteiger partial charge in [0.1, 0.15) is 0 Å². The third kappa shape index (κ3) is 2.40. The van der Waals surface area contributed by atoms with Crippen LogP contribution in [0.15, 0.2) is 6.07 Å². The van der Waals surface area contributed by atoms with Crippen molar-refractivity contribution in [3.05, 3.63) is 17.5 Å². The highest BCUT2D eigenvalue weighted by atomic mass is 15.3. The average Bonchev–Trinajstić information content (AvgIpc) is 2.92. The van der Waals surface area contributed by atoms with Crippen LogP contribution in [0.4, 0.5) is 0 Å². The van der Waals surface area contributed by atoms with Crippen LogP contribution in [0.3, 0.4) is 0 Å². The van der Waals surface area contributed by atoms with Crippen LogP contribution in [0.1, 0.15) is 38.1 Å². The number of nitrogens with one attached hydrogen (secondary N) is 1. The minimum absolute atomic E-state index is 0.759. The molecule has 1 aliphatic rings. The largest absolute Gasteiger partial charge is 0.308 e. The molecule has 1 aliphatic carbocycles. The van der Waals surface area contributed by atoms with Crippen molar-refractivity contribution in [3.8, 4) is 0 Å². The van der Waals surface area contributed by atoms with E-state index < -0.39 is 0 Å². The van der Waals surface area contributed by atoms with Crippen molar-refractivity contribution in [2.45, 2.75) is 45.7 Å². The summed E-state index contributed by atoms with van der Waals surface area (Å²) in [4.78, 5) is 0. The summed E-state index contributed by atoms with van der Waals surface area (Å²) in [6.45, 7) is 5.38. The lowest BCUT2D eigenvalue weighted by atomic mass is 10.3. The van der Waals surface area contributed by atoms with Crippen LogP contribution in [0.5, 0.6) is 0 Å². The zero-order chi connectivity index (χ0) is 10.8. The van der Waals surface area contributed by atoms with Crippen LogP contribution in [0, 0.1) is 5.92 Å². The molecule has 1 aromatic heterocycles. The van der Waals surface area contributed by atoms with E-state index in [4.69, 9.17) is 0 Å². The Morgan fingerprint density at radius 3 is 2.87 bits per heavy atom.